The van der Waals surface area contributed by atoms with Crippen LogP contribution in [0.25, 0.3) is 76.5 Å². The lowest BCUT2D eigenvalue weighted by Gasteiger charge is -2.30. The number of hydrogen-bond donors (Lipinski definition) is 0. The molecule has 10 aromatic rings. The summed E-state index contributed by atoms with van der Waals surface area (Å²) >= 11 is 0. The summed E-state index contributed by atoms with van der Waals surface area (Å²) in [6.45, 7) is 0. The number of nitrogens with zero attached hydrogens (tertiary/aromatic N) is 1. The van der Waals surface area contributed by atoms with Crippen LogP contribution in [0.3, 0.4) is 0 Å². The second kappa shape index (κ2) is 13.0. The van der Waals surface area contributed by atoms with Gasteiger partial charge in [0.25, 0.3) is 0 Å². The lowest BCUT2D eigenvalue weighted by Crippen LogP contribution is -2.12. The first kappa shape index (κ1) is 30.8. The summed E-state index contributed by atoms with van der Waals surface area (Å²) in [5, 5.41) is 9.83. The summed E-state index contributed by atoms with van der Waals surface area (Å²) < 4.78 is 0. The van der Waals surface area contributed by atoms with Crippen LogP contribution in [0, 0.1) is 0 Å². The molecule has 53 heavy (non-hydrogen) atoms. The van der Waals surface area contributed by atoms with Gasteiger partial charge in [-0.05, 0) is 89.8 Å². The first-order valence-corrected chi connectivity index (χ1v) is 18.3. The summed E-state index contributed by atoms with van der Waals surface area (Å²) in [5.41, 5.74) is 10.5. The van der Waals surface area contributed by atoms with Crippen LogP contribution in [-0.4, -0.2) is 0 Å². The monoisotopic (exact) mass is 673 g/mol. The van der Waals surface area contributed by atoms with E-state index < -0.39 is 0 Å². The molecule has 0 fully saturated rings. The molecule has 10 aromatic carbocycles. The lowest BCUT2D eigenvalue weighted by atomic mass is 9.91. The van der Waals surface area contributed by atoms with Gasteiger partial charge in [-0.25, -0.2) is 0 Å². The van der Waals surface area contributed by atoms with Gasteiger partial charge in [-0.15, -0.1) is 0 Å². The summed E-state index contributed by atoms with van der Waals surface area (Å²) in [6.07, 6.45) is 0. The lowest BCUT2D eigenvalue weighted by molar-refractivity contribution is 1.30. The van der Waals surface area contributed by atoms with E-state index >= 15 is 0 Å². The Balaban J connectivity index is 1.29. The van der Waals surface area contributed by atoms with Crippen molar-refractivity contribution in [1.82, 2.24) is 0 Å². The van der Waals surface area contributed by atoms with Crippen molar-refractivity contribution < 1.29 is 0 Å². The van der Waals surface area contributed by atoms with E-state index in [0.29, 0.717) is 0 Å². The minimum absolute atomic E-state index is 1.10. The maximum atomic E-state index is 2.49. The molecule has 0 aliphatic rings. The molecule has 0 saturated carbocycles. The molecule has 1 heteroatoms. The van der Waals surface area contributed by atoms with E-state index in [1.165, 1.54) is 76.5 Å². The molecule has 0 radical (unpaired) electrons. The van der Waals surface area contributed by atoms with Gasteiger partial charge in [0.15, 0.2) is 0 Å². The number of rotatable bonds is 6. The van der Waals surface area contributed by atoms with Crippen LogP contribution < -0.4 is 4.90 Å². The minimum atomic E-state index is 1.10. The third-order valence-electron chi connectivity index (χ3n) is 10.6. The zero-order valence-corrected chi connectivity index (χ0v) is 29.2. The van der Waals surface area contributed by atoms with Gasteiger partial charge < -0.3 is 4.90 Å². The third-order valence-corrected chi connectivity index (χ3v) is 10.6. The van der Waals surface area contributed by atoms with E-state index in [9.17, 15) is 0 Å². The van der Waals surface area contributed by atoms with Gasteiger partial charge in [-0.3, -0.25) is 0 Å². The molecular weight excluding hydrogens is 639 g/mol. The standard InChI is InChI=1S/C52H35N/c1-5-24-43-36(14-1)18-10-28-46(43)40-22-9-23-42(34-40)53(51-31-13-21-39-17-4-8-27-48(39)51)52-35-41(47-29-11-19-37-15-2-6-25-44(37)47)32-33-50(52)49-30-12-20-38-16-3-7-26-45(38)49/h1-35H. The van der Waals surface area contributed by atoms with Gasteiger partial charge in [-0.1, -0.05) is 188 Å². The molecule has 0 aliphatic carbocycles. The van der Waals surface area contributed by atoms with E-state index in [0.717, 1.165) is 17.1 Å². The zero-order chi connectivity index (χ0) is 35.1. The molecule has 0 saturated heterocycles. The van der Waals surface area contributed by atoms with Gasteiger partial charge in [0.05, 0.1) is 11.4 Å². The van der Waals surface area contributed by atoms with Crippen molar-refractivity contribution in [3.05, 3.63) is 212 Å². The molecule has 0 spiro atoms. The van der Waals surface area contributed by atoms with Crippen LogP contribution in [0.2, 0.25) is 0 Å². The highest BCUT2D eigenvalue weighted by atomic mass is 15.1. The quantitative estimate of drug-likeness (QED) is 0.170. The van der Waals surface area contributed by atoms with Crippen molar-refractivity contribution in [1.29, 1.82) is 0 Å². The summed E-state index contributed by atoms with van der Waals surface area (Å²) in [5.74, 6) is 0. The van der Waals surface area contributed by atoms with Crippen LogP contribution >= 0.6 is 0 Å². The third kappa shape index (κ3) is 5.42. The molecule has 0 aromatic heterocycles. The molecule has 0 atom stereocenters. The van der Waals surface area contributed by atoms with Crippen molar-refractivity contribution in [3.63, 3.8) is 0 Å². The second-order valence-electron chi connectivity index (χ2n) is 13.7. The molecule has 248 valence electrons. The number of benzene rings is 10. The van der Waals surface area contributed by atoms with Gasteiger partial charge in [0.2, 0.25) is 0 Å². The Kier molecular flexibility index (Phi) is 7.55. The van der Waals surface area contributed by atoms with E-state index in [1.807, 2.05) is 0 Å². The van der Waals surface area contributed by atoms with Crippen LogP contribution in [0.4, 0.5) is 17.1 Å². The van der Waals surface area contributed by atoms with Gasteiger partial charge in [0, 0.05) is 16.6 Å². The molecular formula is C52H35N. The van der Waals surface area contributed by atoms with Crippen LogP contribution in [0.5, 0.6) is 0 Å². The molecule has 0 aliphatic heterocycles. The Morgan fingerprint density at radius 2 is 0.679 bits per heavy atom. The van der Waals surface area contributed by atoms with Crippen molar-refractivity contribution in [3.8, 4) is 33.4 Å². The highest BCUT2D eigenvalue weighted by Gasteiger charge is 2.22. The first-order valence-electron chi connectivity index (χ1n) is 18.3. The second-order valence-corrected chi connectivity index (χ2v) is 13.7. The van der Waals surface area contributed by atoms with Crippen LogP contribution in [0.15, 0.2) is 212 Å². The summed E-state index contributed by atoms with van der Waals surface area (Å²) in [7, 11) is 0. The predicted molar refractivity (Wildman–Crippen MR) is 227 cm³/mol. The normalized spacial score (nSPS) is 11.4. The van der Waals surface area contributed by atoms with Gasteiger partial charge in [0.1, 0.15) is 0 Å². The zero-order valence-electron chi connectivity index (χ0n) is 29.2. The van der Waals surface area contributed by atoms with Crippen molar-refractivity contribution >= 4 is 60.2 Å². The number of fused-ring (bicyclic) bond motifs is 4. The average molecular weight is 674 g/mol. The highest BCUT2D eigenvalue weighted by molar-refractivity contribution is 6.07. The predicted octanol–water partition coefficient (Wildman–Crippen LogP) is 14.8. The van der Waals surface area contributed by atoms with Crippen molar-refractivity contribution in [2.24, 2.45) is 0 Å². The Hall–Kier alpha value is -6.96. The maximum Gasteiger partial charge on any atom is 0.0546 e. The topological polar surface area (TPSA) is 3.24 Å². The fourth-order valence-corrected chi connectivity index (χ4v) is 8.15. The van der Waals surface area contributed by atoms with Crippen LogP contribution in [0.1, 0.15) is 0 Å². The summed E-state index contributed by atoms with van der Waals surface area (Å²) in [4.78, 5) is 2.49. The molecule has 0 amide bonds. The van der Waals surface area contributed by atoms with E-state index in [2.05, 4.69) is 217 Å². The van der Waals surface area contributed by atoms with E-state index in [1.54, 1.807) is 0 Å². The Bertz CT molecular complexity index is 2950. The average Bonchev–Trinajstić information content (AvgIpc) is 3.23. The Morgan fingerprint density at radius 1 is 0.245 bits per heavy atom. The molecule has 10 rings (SSSR count). The SMILES string of the molecule is c1cc(-c2cccc3ccccc23)cc(N(c2cc(-c3cccc4ccccc34)ccc2-c2cccc3ccccc23)c2cccc3ccccc23)c1. The summed E-state index contributed by atoms with van der Waals surface area (Å²) in [6, 6.07) is 77.5. The molecule has 0 bridgehead atoms. The maximum absolute atomic E-state index is 2.49. The first-order chi connectivity index (χ1) is 26.3. The van der Waals surface area contributed by atoms with Gasteiger partial charge >= 0.3 is 0 Å². The minimum Gasteiger partial charge on any atom is -0.309 e. The molecule has 1 nitrogen and oxygen atoms in total. The van der Waals surface area contributed by atoms with Crippen molar-refractivity contribution in [2.75, 3.05) is 4.90 Å². The fourth-order valence-electron chi connectivity index (χ4n) is 8.15. The highest BCUT2D eigenvalue weighted by Crippen LogP contribution is 2.47. The van der Waals surface area contributed by atoms with E-state index in [4.69, 9.17) is 0 Å². The molecule has 0 heterocycles. The largest absolute Gasteiger partial charge is 0.309 e. The fraction of sp³-hybridized carbons (Fsp3) is 0. The van der Waals surface area contributed by atoms with Gasteiger partial charge in [-0.2, -0.15) is 0 Å². The van der Waals surface area contributed by atoms with Crippen LogP contribution in [-0.2, 0) is 0 Å². The smallest absolute Gasteiger partial charge is 0.0546 e. The molecule has 0 unspecified atom stereocenters. The Labute approximate surface area is 309 Å². The van der Waals surface area contributed by atoms with Crippen molar-refractivity contribution in [2.45, 2.75) is 0 Å². The molecule has 0 N–H and O–H groups in total. The van der Waals surface area contributed by atoms with E-state index in [-0.39, 0.29) is 0 Å². The Morgan fingerprint density at radius 3 is 1.28 bits per heavy atom. The number of anilines is 3. The number of hydrogen-bond acceptors (Lipinski definition) is 1.